The first-order valence-electron chi connectivity index (χ1n) is 3.62. The first kappa shape index (κ1) is 8.24. The van der Waals surface area contributed by atoms with E-state index in [1.165, 1.54) is 11.5 Å². The topological polar surface area (TPSA) is 66.5 Å². The van der Waals surface area contributed by atoms with E-state index < -0.39 is 0 Å². The molecule has 0 amide bonds. The van der Waals surface area contributed by atoms with E-state index in [1.807, 2.05) is 0 Å². The van der Waals surface area contributed by atoms with Crippen molar-refractivity contribution in [1.82, 2.24) is 19.6 Å². The van der Waals surface area contributed by atoms with Crippen LogP contribution < -0.4 is 10.9 Å². The highest BCUT2D eigenvalue weighted by Gasteiger charge is 2.08. The number of H-pyrrole nitrogens is 1. The molecule has 7 heteroatoms. The Balaban J connectivity index is 2.41. The molecule has 0 fully saturated rings. The lowest BCUT2D eigenvalue weighted by Crippen LogP contribution is -2.05. The molecule has 2 aromatic heterocycles. The van der Waals surface area contributed by atoms with Gasteiger partial charge in [0.25, 0.3) is 0 Å². The van der Waals surface area contributed by atoms with E-state index in [4.69, 9.17) is 7.85 Å². The molecule has 2 heterocycles. The fourth-order valence-electron chi connectivity index (χ4n) is 0.901. The molecule has 0 spiro atoms. The summed E-state index contributed by atoms with van der Waals surface area (Å²) in [7, 11) is 7.39. The molecule has 0 atom stereocenters. The highest BCUT2D eigenvalue weighted by Crippen LogP contribution is 2.19. The maximum Gasteiger partial charge on any atom is 0.234 e. The van der Waals surface area contributed by atoms with E-state index in [2.05, 4.69) is 24.9 Å². The van der Waals surface area contributed by atoms with Gasteiger partial charge in [-0.1, -0.05) is 0 Å². The fourth-order valence-corrected chi connectivity index (χ4v) is 1.59. The molecule has 2 rings (SSSR count). The van der Waals surface area contributed by atoms with Gasteiger partial charge in [-0.05, 0) is 17.1 Å². The maximum absolute atomic E-state index is 5.62. The van der Waals surface area contributed by atoms with Gasteiger partial charge in [0.2, 0.25) is 5.95 Å². The van der Waals surface area contributed by atoms with Crippen molar-refractivity contribution in [3.8, 4) is 10.6 Å². The third kappa shape index (κ3) is 1.42. The van der Waals surface area contributed by atoms with Crippen molar-refractivity contribution in [3.05, 3.63) is 6.20 Å². The molecule has 2 aromatic rings. The first-order valence-corrected chi connectivity index (χ1v) is 4.39. The van der Waals surface area contributed by atoms with E-state index in [0.29, 0.717) is 11.5 Å². The SMILES string of the molecule is [B]c1[nH]ncc1-c1nc(NC)ns1. The van der Waals surface area contributed by atoms with Crippen molar-refractivity contribution < 1.29 is 0 Å². The van der Waals surface area contributed by atoms with E-state index in [0.717, 1.165) is 10.6 Å². The average molecular weight is 191 g/mol. The number of anilines is 1. The number of nitrogens with one attached hydrogen (secondary N) is 2. The summed E-state index contributed by atoms with van der Waals surface area (Å²) in [5, 5.41) is 10.0. The average Bonchev–Trinajstić information content (AvgIpc) is 2.71. The molecule has 2 radical (unpaired) electrons. The van der Waals surface area contributed by atoms with Crippen molar-refractivity contribution in [2.75, 3.05) is 12.4 Å². The van der Waals surface area contributed by atoms with Crippen LogP contribution in [0.3, 0.4) is 0 Å². The lowest BCUT2D eigenvalue weighted by atomic mass is 10.0. The van der Waals surface area contributed by atoms with Gasteiger partial charge in [0.15, 0.2) is 0 Å². The third-order valence-electron chi connectivity index (χ3n) is 1.55. The highest BCUT2D eigenvalue weighted by atomic mass is 32.1. The third-order valence-corrected chi connectivity index (χ3v) is 2.30. The van der Waals surface area contributed by atoms with Crippen LogP contribution in [-0.4, -0.2) is 34.4 Å². The van der Waals surface area contributed by atoms with Crippen LogP contribution in [0.15, 0.2) is 6.20 Å². The predicted molar refractivity (Wildman–Crippen MR) is 52.4 cm³/mol. The molecule has 0 aliphatic rings. The van der Waals surface area contributed by atoms with Crippen molar-refractivity contribution >= 4 is 30.9 Å². The van der Waals surface area contributed by atoms with Crippen LogP contribution in [0.5, 0.6) is 0 Å². The molecule has 0 aliphatic heterocycles. The normalized spacial score (nSPS) is 10.2. The Hall–Kier alpha value is -1.37. The molecule has 2 N–H and O–H groups in total. The Kier molecular flexibility index (Phi) is 2.01. The summed E-state index contributed by atoms with van der Waals surface area (Å²) >= 11 is 1.28. The summed E-state index contributed by atoms with van der Waals surface area (Å²) in [5.74, 6) is 0.598. The fraction of sp³-hybridized carbons (Fsp3) is 0.167. The van der Waals surface area contributed by atoms with Crippen molar-refractivity contribution in [2.45, 2.75) is 0 Å². The number of nitrogens with zero attached hydrogens (tertiary/aromatic N) is 3. The van der Waals surface area contributed by atoms with Gasteiger partial charge in [-0.15, -0.1) is 0 Å². The molecule has 13 heavy (non-hydrogen) atoms. The summed E-state index contributed by atoms with van der Waals surface area (Å²) in [5.41, 5.74) is 1.30. The van der Waals surface area contributed by atoms with E-state index in [-0.39, 0.29) is 0 Å². The largest absolute Gasteiger partial charge is 0.357 e. The maximum atomic E-state index is 5.62. The minimum Gasteiger partial charge on any atom is -0.357 e. The second-order valence-electron chi connectivity index (χ2n) is 2.37. The minimum absolute atomic E-state index is 0.513. The Morgan fingerprint density at radius 3 is 3.00 bits per heavy atom. The summed E-state index contributed by atoms with van der Waals surface area (Å²) < 4.78 is 4.05. The van der Waals surface area contributed by atoms with Crippen molar-refractivity contribution in [3.63, 3.8) is 0 Å². The Labute approximate surface area is 80.2 Å². The van der Waals surface area contributed by atoms with Crippen LogP contribution in [0.25, 0.3) is 10.6 Å². The molecule has 5 nitrogen and oxygen atoms in total. The predicted octanol–water partition coefficient (Wildman–Crippen LogP) is -0.236. The standard InChI is InChI=1S/C6H6BN5S/c1-8-6-10-5(13-12-6)3-2-9-11-4(3)7/h2H,1H3,(H,8,12)(H,9,11). The van der Waals surface area contributed by atoms with Gasteiger partial charge in [0, 0.05) is 12.6 Å². The zero-order valence-corrected chi connectivity index (χ0v) is 7.72. The van der Waals surface area contributed by atoms with Gasteiger partial charge in [0.05, 0.1) is 6.20 Å². The molecular weight excluding hydrogens is 185 g/mol. The molecule has 0 aliphatic carbocycles. The number of hydrogen-bond acceptors (Lipinski definition) is 5. The van der Waals surface area contributed by atoms with Gasteiger partial charge in [0.1, 0.15) is 12.9 Å². The molecule has 0 saturated heterocycles. The number of aromatic amines is 1. The Morgan fingerprint density at radius 1 is 1.62 bits per heavy atom. The second kappa shape index (κ2) is 3.17. The lowest BCUT2D eigenvalue weighted by Gasteiger charge is -1.90. The summed E-state index contributed by atoms with van der Waals surface area (Å²) in [6.45, 7) is 0. The molecule has 0 aromatic carbocycles. The Bertz CT molecular complexity index is 409. The van der Waals surface area contributed by atoms with Gasteiger partial charge in [-0.3, -0.25) is 5.10 Å². The minimum atomic E-state index is 0.513. The molecule has 0 saturated carbocycles. The van der Waals surface area contributed by atoms with E-state index in [9.17, 15) is 0 Å². The van der Waals surface area contributed by atoms with Crippen molar-refractivity contribution in [2.24, 2.45) is 0 Å². The quantitative estimate of drug-likeness (QED) is 0.643. The van der Waals surface area contributed by atoms with Crippen LogP contribution in [-0.2, 0) is 0 Å². The summed E-state index contributed by atoms with van der Waals surface area (Å²) in [6.07, 6.45) is 1.63. The zero-order chi connectivity index (χ0) is 9.26. The van der Waals surface area contributed by atoms with Crippen LogP contribution in [0.2, 0.25) is 0 Å². The first-order chi connectivity index (χ1) is 6.31. The molecule has 0 bridgehead atoms. The van der Waals surface area contributed by atoms with Gasteiger partial charge in [-0.25, -0.2) is 0 Å². The molecule has 0 unspecified atom stereocenters. The summed E-state index contributed by atoms with van der Waals surface area (Å²) in [6, 6.07) is 0. The van der Waals surface area contributed by atoms with Gasteiger partial charge < -0.3 is 5.32 Å². The van der Waals surface area contributed by atoms with Gasteiger partial charge in [-0.2, -0.15) is 14.5 Å². The smallest absolute Gasteiger partial charge is 0.234 e. The van der Waals surface area contributed by atoms with Crippen molar-refractivity contribution in [1.29, 1.82) is 0 Å². The van der Waals surface area contributed by atoms with Crippen LogP contribution in [0.4, 0.5) is 5.95 Å². The molecule has 64 valence electrons. The van der Waals surface area contributed by atoms with Crippen LogP contribution in [0.1, 0.15) is 0 Å². The van der Waals surface area contributed by atoms with E-state index >= 15 is 0 Å². The second-order valence-corrected chi connectivity index (χ2v) is 3.12. The molecular formula is C6H6BN5S. The zero-order valence-electron chi connectivity index (χ0n) is 6.90. The Morgan fingerprint density at radius 2 is 2.46 bits per heavy atom. The van der Waals surface area contributed by atoms with E-state index in [1.54, 1.807) is 13.2 Å². The van der Waals surface area contributed by atoms with Crippen LogP contribution >= 0.6 is 11.5 Å². The number of rotatable bonds is 2. The van der Waals surface area contributed by atoms with Crippen LogP contribution in [0, 0.1) is 0 Å². The lowest BCUT2D eigenvalue weighted by molar-refractivity contribution is 1.11. The highest BCUT2D eigenvalue weighted by molar-refractivity contribution is 7.09. The monoisotopic (exact) mass is 191 g/mol. The number of aromatic nitrogens is 4. The summed E-state index contributed by atoms with van der Waals surface area (Å²) in [4.78, 5) is 4.19. The number of hydrogen-bond donors (Lipinski definition) is 2. The van der Waals surface area contributed by atoms with Gasteiger partial charge >= 0.3 is 0 Å².